The Morgan fingerprint density at radius 1 is 1.62 bits per heavy atom. The third-order valence-corrected chi connectivity index (χ3v) is 2.89. The molecule has 0 radical (unpaired) electrons. The number of aromatic nitrogens is 3. The maximum absolute atomic E-state index is 11.0. The molecule has 0 spiro atoms. The zero-order valence-electron chi connectivity index (χ0n) is 8.82. The molecule has 0 unspecified atom stereocenters. The van der Waals surface area contributed by atoms with Crippen molar-refractivity contribution in [3.8, 4) is 0 Å². The van der Waals surface area contributed by atoms with Gasteiger partial charge in [0.25, 0.3) is 0 Å². The molecule has 0 saturated carbocycles. The van der Waals surface area contributed by atoms with Gasteiger partial charge in [0.05, 0.1) is 5.84 Å². The molecule has 0 aliphatic rings. The molecule has 16 heavy (non-hydrogen) atoms. The lowest BCUT2D eigenvalue weighted by atomic mass is 10.3. The van der Waals surface area contributed by atoms with Gasteiger partial charge in [0.15, 0.2) is 5.16 Å². The van der Waals surface area contributed by atoms with Crippen molar-refractivity contribution in [2.45, 2.75) is 18.0 Å². The summed E-state index contributed by atoms with van der Waals surface area (Å²) in [6, 6.07) is 0. The second-order valence-corrected chi connectivity index (χ2v) is 4.24. The van der Waals surface area contributed by atoms with E-state index >= 15 is 0 Å². The van der Waals surface area contributed by atoms with Crippen LogP contribution in [0, 0.1) is 5.41 Å². The summed E-state index contributed by atoms with van der Waals surface area (Å²) in [5, 5.41) is 9.84. The predicted octanol–water partition coefficient (Wildman–Crippen LogP) is -0.723. The van der Waals surface area contributed by atoms with Crippen molar-refractivity contribution in [2.24, 2.45) is 12.8 Å². The van der Waals surface area contributed by atoms with Crippen LogP contribution in [0.1, 0.15) is 12.8 Å². The van der Waals surface area contributed by atoms with Crippen LogP contribution in [0.4, 0.5) is 0 Å². The monoisotopic (exact) mass is 243 g/mol. The van der Waals surface area contributed by atoms with Gasteiger partial charge in [-0.25, -0.2) is 0 Å². The molecule has 1 aromatic heterocycles. The number of hydrogen-bond donors (Lipinski definition) is 3. The van der Waals surface area contributed by atoms with Crippen molar-refractivity contribution < 1.29 is 0 Å². The van der Waals surface area contributed by atoms with E-state index in [1.807, 2.05) is 0 Å². The maximum Gasteiger partial charge on any atom is 0.339 e. The van der Waals surface area contributed by atoms with Crippen LogP contribution in [0.3, 0.4) is 0 Å². The number of hydrogen-bond acceptors (Lipinski definition) is 5. The Balaban J connectivity index is 2.61. The normalized spacial score (nSPS) is 10.3. The lowest BCUT2D eigenvalue weighted by Gasteiger charge is -2.04. The maximum atomic E-state index is 11.0. The average molecular weight is 243 g/mol. The SMILES string of the molecule is Cn1[nH]c(=O)c(=O)nc1SCCCC(=N)N. The van der Waals surface area contributed by atoms with Gasteiger partial charge in [0.2, 0.25) is 0 Å². The van der Waals surface area contributed by atoms with Crippen LogP contribution >= 0.6 is 11.8 Å². The van der Waals surface area contributed by atoms with Crippen molar-refractivity contribution in [1.82, 2.24) is 14.8 Å². The Bertz CT molecular complexity index is 492. The van der Waals surface area contributed by atoms with Crippen molar-refractivity contribution >= 4 is 17.6 Å². The summed E-state index contributed by atoms with van der Waals surface area (Å²) in [5.74, 6) is 0.829. The van der Waals surface area contributed by atoms with Gasteiger partial charge in [-0.3, -0.25) is 24.8 Å². The van der Waals surface area contributed by atoms with E-state index in [-0.39, 0.29) is 5.84 Å². The van der Waals surface area contributed by atoms with Crippen LogP contribution in [0.25, 0.3) is 0 Å². The molecular weight excluding hydrogens is 230 g/mol. The van der Waals surface area contributed by atoms with Crippen molar-refractivity contribution in [2.75, 3.05) is 5.75 Å². The second kappa shape index (κ2) is 5.50. The topological polar surface area (TPSA) is 118 Å². The highest BCUT2D eigenvalue weighted by Gasteiger charge is 2.04. The molecule has 0 aromatic carbocycles. The predicted molar refractivity (Wildman–Crippen MR) is 62.0 cm³/mol. The first-order chi connectivity index (χ1) is 7.50. The van der Waals surface area contributed by atoms with Crippen molar-refractivity contribution in [3.05, 3.63) is 20.7 Å². The average Bonchev–Trinajstić information content (AvgIpc) is 2.19. The quantitative estimate of drug-likeness (QED) is 0.207. The van der Waals surface area contributed by atoms with E-state index < -0.39 is 11.1 Å². The molecule has 0 amide bonds. The summed E-state index contributed by atoms with van der Waals surface area (Å²) >= 11 is 1.34. The van der Waals surface area contributed by atoms with Gasteiger partial charge in [-0.05, 0) is 6.42 Å². The van der Waals surface area contributed by atoms with Crippen LogP contribution in [-0.4, -0.2) is 26.4 Å². The third-order valence-electron chi connectivity index (χ3n) is 1.77. The number of aryl methyl sites for hydroxylation is 1. The summed E-state index contributed by atoms with van der Waals surface area (Å²) < 4.78 is 1.40. The first-order valence-corrected chi connectivity index (χ1v) is 5.62. The van der Waals surface area contributed by atoms with Gasteiger partial charge >= 0.3 is 11.1 Å². The van der Waals surface area contributed by atoms with Gasteiger partial charge in [0, 0.05) is 19.2 Å². The van der Waals surface area contributed by atoms with Gasteiger partial charge in [-0.15, -0.1) is 0 Å². The number of nitrogens with two attached hydrogens (primary N) is 1. The van der Waals surface area contributed by atoms with Crippen LogP contribution in [0.2, 0.25) is 0 Å². The molecule has 8 heteroatoms. The molecule has 1 heterocycles. The van der Waals surface area contributed by atoms with Gasteiger partial charge in [0.1, 0.15) is 0 Å². The number of H-pyrrole nitrogens is 1. The fourth-order valence-corrected chi connectivity index (χ4v) is 1.87. The molecule has 88 valence electrons. The van der Waals surface area contributed by atoms with Crippen LogP contribution < -0.4 is 16.9 Å². The van der Waals surface area contributed by atoms with E-state index in [0.29, 0.717) is 17.3 Å². The van der Waals surface area contributed by atoms with Crippen LogP contribution in [0.15, 0.2) is 14.7 Å². The number of nitrogens with zero attached hydrogens (tertiary/aromatic N) is 2. The van der Waals surface area contributed by atoms with Crippen molar-refractivity contribution in [1.29, 1.82) is 5.41 Å². The zero-order valence-corrected chi connectivity index (χ0v) is 9.63. The number of nitrogens with one attached hydrogen (secondary N) is 2. The van der Waals surface area contributed by atoms with Gasteiger partial charge in [-0.2, -0.15) is 4.98 Å². The van der Waals surface area contributed by atoms with E-state index in [0.717, 1.165) is 6.42 Å². The lowest BCUT2D eigenvalue weighted by molar-refractivity contribution is 0.596. The second-order valence-electron chi connectivity index (χ2n) is 3.18. The molecule has 1 rings (SSSR count). The Kier molecular flexibility index (Phi) is 4.29. The largest absolute Gasteiger partial charge is 0.388 e. The Morgan fingerprint density at radius 2 is 2.31 bits per heavy atom. The molecule has 0 atom stereocenters. The molecule has 0 aliphatic carbocycles. The fraction of sp³-hybridized carbons (Fsp3) is 0.500. The smallest absolute Gasteiger partial charge is 0.339 e. The highest BCUT2D eigenvalue weighted by molar-refractivity contribution is 7.99. The minimum absolute atomic E-state index is 0.143. The molecule has 1 aromatic rings. The third kappa shape index (κ3) is 3.54. The Hall–Kier alpha value is -1.57. The molecule has 4 N–H and O–H groups in total. The van der Waals surface area contributed by atoms with Crippen LogP contribution in [-0.2, 0) is 7.05 Å². The van der Waals surface area contributed by atoms with E-state index in [1.165, 1.54) is 16.4 Å². The zero-order chi connectivity index (χ0) is 12.1. The molecular formula is C8H13N5O2S. The molecule has 0 fully saturated rings. The molecule has 0 bridgehead atoms. The lowest BCUT2D eigenvalue weighted by Crippen LogP contribution is -2.33. The highest BCUT2D eigenvalue weighted by Crippen LogP contribution is 2.13. The fourth-order valence-electron chi connectivity index (χ4n) is 1.02. The summed E-state index contributed by atoms with van der Waals surface area (Å²) in [6.07, 6.45) is 1.25. The highest BCUT2D eigenvalue weighted by atomic mass is 32.2. The number of aromatic amines is 1. The van der Waals surface area contributed by atoms with E-state index in [9.17, 15) is 9.59 Å². The summed E-state index contributed by atoms with van der Waals surface area (Å²) in [6.45, 7) is 0. The van der Waals surface area contributed by atoms with E-state index in [2.05, 4.69) is 10.1 Å². The number of amidine groups is 1. The number of thioether (sulfide) groups is 1. The number of rotatable bonds is 5. The molecule has 0 saturated heterocycles. The summed E-state index contributed by atoms with van der Waals surface area (Å²) in [7, 11) is 1.61. The minimum Gasteiger partial charge on any atom is -0.388 e. The van der Waals surface area contributed by atoms with Gasteiger partial charge in [-0.1, -0.05) is 11.8 Å². The van der Waals surface area contributed by atoms with E-state index in [4.69, 9.17) is 11.1 Å². The standard InChI is InChI=1S/C8H13N5O2S/c1-13-8(11-6(14)7(15)12-13)16-4-2-3-5(9)10/h2-4H2,1H3,(H3,9,10)(H,12,15). The van der Waals surface area contributed by atoms with Crippen molar-refractivity contribution in [3.63, 3.8) is 0 Å². The summed E-state index contributed by atoms with van der Waals surface area (Å²) in [4.78, 5) is 25.5. The van der Waals surface area contributed by atoms with E-state index in [1.54, 1.807) is 7.05 Å². The Labute approximate surface area is 95.6 Å². The van der Waals surface area contributed by atoms with Crippen LogP contribution in [0.5, 0.6) is 0 Å². The Morgan fingerprint density at radius 3 is 2.94 bits per heavy atom. The van der Waals surface area contributed by atoms with Gasteiger partial charge < -0.3 is 5.73 Å². The first-order valence-electron chi connectivity index (χ1n) is 4.63. The molecule has 7 nitrogen and oxygen atoms in total. The summed E-state index contributed by atoms with van der Waals surface area (Å²) in [5.41, 5.74) is 3.69. The first kappa shape index (κ1) is 12.5. The molecule has 0 aliphatic heterocycles. The minimum atomic E-state index is -0.785.